The van der Waals surface area contributed by atoms with Gasteiger partial charge in [-0.25, -0.2) is 13.1 Å². The van der Waals surface area contributed by atoms with E-state index in [2.05, 4.69) is 10.0 Å². The number of hydrogen-bond acceptors (Lipinski definition) is 3. The molecule has 0 saturated heterocycles. The average molecular weight is 266 g/mol. The van der Waals surface area contributed by atoms with E-state index in [0.717, 1.165) is 37.9 Å². The highest BCUT2D eigenvalue weighted by Gasteiger charge is 2.36. The fourth-order valence-corrected chi connectivity index (χ4v) is 4.15. The highest BCUT2D eigenvalue weighted by molar-refractivity contribution is 7.89. The number of nitrogens with one attached hydrogen (secondary N) is 2. The molecule has 98 valence electrons. The normalized spacial score (nSPS) is 21.4. The first-order valence-electron chi connectivity index (χ1n) is 6.35. The van der Waals surface area contributed by atoms with Crippen LogP contribution in [0, 0.1) is 0 Å². The van der Waals surface area contributed by atoms with Crippen molar-refractivity contribution >= 4 is 10.0 Å². The van der Waals surface area contributed by atoms with E-state index in [1.807, 2.05) is 13.0 Å². The predicted octanol–water partition coefficient (Wildman–Crippen LogP) is 1.51. The third-order valence-electron chi connectivity index (χ3n) is 3.96. The molecule has 1 saturated carbocycles. The molecule has 0 amide bonds. The van der Waals surface area contributed by atoms with Crippen LogP contribution < -0.4 is 10.0 Å². The van der Waals surface area contributed by atoms with Gasteiger partial charge >= 0.3 is 0 Å². The van der Waals surface area contributed by atoms with Gasteiger partial charge in [-0.2, -0.15) is 0 Å². The Morgan fingerprint density at radius 3 is 2.61 bits per heavy atom. The summed E-state index contributed by atoms with van der Waals surface area (Å²) in [4.78, 5) is 0.387. The van der Waals surface area contributed by atoms with Crippen LogP contribution in [-0.2, 0) is 23.1 Å². The van der Waals surface area contributed by atoms with E-state index in [1.54, 1.807) is 12.1 Å². The Morgan fingerprint density at radius 1 is 1.22 bits per heavy atom. The summed E-state index contributed by atoms with van der Waals surface area (Å²) >= 11 is 0. The predicted molar refractivity (Wildman–Crippen MR) is 69.6 cm³/mol. The van der Waals surface area contributed by atoms with Crippen molar-refractivity contribution in [1.29, 1.82) is 0 Å². The van der Waals surface area contributed by atoms with Crippen molar-refractivity contribution in [3.8, 4) is 0 Å². The van der Waals surface area contributed by atoms with E-state index in [0.29, 0.717) is 4.90 Å². The smallest absolute Gasteiger partial charge is 0.241 e. The van der Waals surface area contributed by atoms with Gasteiger partial charge in [0.25, 0.3) is 0 Å². The summed E-state index contributed by atoms with van der Waals surface area (Å²) < 4.78 is 27.4. The van der Waals surface area contributed by atoms with Crippen LogP contribution in [0.1, 0.15) is 37.3 Å². The molecule has 1 heterocycles. The minimum atomic E-state index is -3.38. The SMILES string of the molecule is CC1(NS(=O)(=O)c2ccc3c(c2)CNC3)CCC1. The van der Waals surface area contributed by atoms with Crippen molar-refractivity contribution in [2.75, 3.05) is 0 Å². The number of hydrogen-bond donors (Lipinski definition) is 2. The van der Waals surface area contributed by atoms with Gasteiger partial charge in [-0.05, 0) is 49.4 Å². The Hall–Kier alpha value is -0.910. The maximum absolute atomic E-state index is 12.3. The Bertz CT molecular complexity index is 577. The number of fused-ring (bicyclic) bond motifs is 1. The molecule has 1 aliphatic heterocycles. The van der Waals surface area contributed by atoms with E-state index in [9.17, 15) is 8.42 Å². The van der Waals surface area contributed by atoms with Crippen molar-refractivity contribution in [3.05, 3.63) is 29.3 Å². The summed E-state index contributed by atoms with van der Waals surface area (Å²) in [7, 11) is -3.38. The van der Waals surface area contributed by atoms with Gasteiger partial charge in [-0.1, -0.05) is 6.07 Å². The summed E-state index contributed by atoms with van der Waals surface area (Å²) in [5.74, 6) is 0. The summed E-state index contributed by atoms with van der Waals surface area (Å²) in [5.41, 5.74) is 2.05. The van der Waals surface area contributed by atoms with Gasteiger partial charge in [0.1, 0.15) is 0 Å². The highest BCUT2D eigenvalue weighted by atomic mass is 32.2. The summed E-state index contributed by atoms with van der Waals surface area (Å²) in [6.45, 7) is 3.57. The van der Waals surface area contributed by atoms with Gasteiger partial charge in [0.15, 0.2) is 0 Å². The molecule has 1 fully saturated rings. The lowest BCUT2D eigenvalue weighted by atomic mass is 9.80. The molecule has 1 aromatic rings. The van der Waals surface area contributed by atoms with Gasteiger partial charge < -0.3 is 5.32 Å². The van der Waals surface area contributed by atoms with Crippen LogP contribution in [0.3, 0.4) is 0 Å². The lowest BCUT2D eigenvalue weighted by molar-refractivity contribution is 0.248. The second kappa shape index (κ2) is 4.05. The molecule has 0 atom stereocenters. The molecule has 1 aromatic carbocycles. The van der Waals surface area contributed by atoms with E-state index in [-0.39, 0.29) is 5.54 Å². The first-order valence-corrected chi connectivity index (χ1v) is 7.83. The lowest BCUT2D eigenvalue weighted by Crippen LogP contribution is -2.50. The van der Waals surface area contributed by atoms with Crippen molar-refractivity contribution in [1.82, 2.24) is 10.0 Å². The van der Waals surface area contributed by atoms with Gasteiger partial charge in [0.2, 0.25) is 10.0 Å². The Balaban J connectivity index is 1.89. The van der Waals surface area contributed by atoms with E-state index < -0.39 is 10.0 Å². The van der Waals surface area contributed by atoms with Crippen molar-refractivity contribution in [2.24, 2.45) is 0 Å². The molecule has 0 bridgehead atoms. The molecule has 0 radical (unpaired) electrons. The topological polar surface area (TPSA) is 58.2 Å². The monoisotopic (exact) mass is 266 g/mol. The van der Waals surface area contributed by atoms with Gasteiger partial charge in [-0.3, -0.25) is 0 Å². The quantitative estimate of drug-likeness (QED) is 0.872. The number of rotatable bonds is 3. The molecule has 0 spiro atoms. The summed E-state index contributed by atoms with van der Waals surface area (Å²) in [6, 6.07) is 5.41. The largest absolute Gasteiger partial charge is 0.309 e. The van der Waals surface area contributed by atoms with Crippen LogP contribution in [0.2, 0.25) is 0 Å². The molecular formula is C13H18N2O2S. The van der Waals surface area contributed by atoms with Gasteiger partial charge in [-0.15, -0.1) is 0 Å². The van der Waals surface area contributed by atoms with E-state index >= 15 is 0 Å². The molecule has 3 rings (SSSR count). The maximum Gasteiger partial charge on any atom is 0.241 e. The second-order valence-electron chi connectivity index (χ2n) is 5.55. The zero-order chi connectivity index (χ0) is 12.8. The number of benzene rings is 1. The van der Waals surface area contributed by atoms with Crippen LogP contribution in [-0.4, -0.2) is 14.0 Å². The fraction of sp³-hybridized carbons (Fsp3) is 0.538. The zero-order valence-corrected chi connectivity index (χ0v) is 11.3. The third kappa shape index (κ3) is 2.06. The van der Waals surface area contributed by atoms with E-state index in [1.165, 1.54) is 5.56 Å². The van der Waals surface area contributed by atoms with Crippen LogP contribution in [0.5, 0.6) is 0 Å². The molecule has 5 heteroatoms. The van der Waals surface area contributed by atoms with Crippen molar-refractivity contribution < 1.29 is 8.42 Å². The molecule has 18 heavy (non-hydrogen) atoms. The average Bonchev–Trinajstić information content (AvgIpc) is 2.73. The van der Waals surface area contributed by atoms with Crippen LogP contribution in [0.25, 0.3) is 0 Å². The Morgan fingerprint density at radius 2 is 1.94 bits per heavy atom. The van der Waals surface area contributed by atoms with Crippen LogP contribution >= 0.6 is 0 Å². The van der Waals surface area contributed by atoms with Crippen molar-refractivity contribution in [2.45, 2.75) is 49.7 Å². The number of sulfonamides is 1. The van der Waals surface area contributed by atoms with Crippen LogP contribution in [0.15, 0.2) is 23.1 Å². The highest BCUT2D eigenvalue weighted by Crippen LogP contribution is 2.33. The molecule has 0 unspecified atom stereocenters. The molecule has 2 N–H and O–H groups in total. The van der Waals surface area contributed by atoms with Gasteiger partial charge in [0, 0.05) is 18.6 Å². The standard InChI is InChI=1S/C13H18N2O2S/c1-13(5-2-6-13)15-18(16,17)12-4-3-10-8-14-9-11(10)7-12/h3-4,7,14-15H,2,5-6,8-9H2,1H3. The second-order valence-corrected chi connectivity index (χ2v) is 7.24. The fourth-order valence-electron chi connectivity index (χ4n) is 2.63. The molecule has 1 aliphatic carbocycles. The first kappa shape index (κ1) is 12.1. The first-order chi connectivity index (χ1) is 8.49. The van der Waals surface area contributed by atoms with Crippen molar-refractivity contribution in [3.63, 3.8) is 0 Å². The summed E-state index contributed by atoms with van der Waals surface area (Å²) in [5, 5.41) is 3.22. The summed E-state index contributed by atoms with van der Waals surface area (Å²) in [6.07, 6.45) is 2.96. The minimum Gasteiger partial charge on any atom is -0.309 e. The maximum atomic E-state index is 12.3. The Labute approximate surface area is 108 Å². The minimum absolute atomic E-state index is 0.240. The van der Waals surface area contributed by atoms with E-state index in [4.69, 9.17) is 0 Å². The third-order valence-corrected chi connectivity index (χ3v) is 5.59. The molecule has 4 nitrogen and oxygen atoms in total. The molecular weight excluding hydrogens is 248 g/mol. The Kier molecular flexibility index (Phi) is 2.73. The molecule has 2 aliphatic rings. The van der Waals surface area contributed by atoms with Gasteiger partial charge in [0.05, 0.1) is 4.90 Å². The molecule has 0 aromatic heterocycles. The lowest BCUT2D eigenvalue weighted by Gasteiger charge is -2.38. The van der Waals surface area contributed by atoms with Crippen LogP contribution in [0.4, 0.5) is 0 Å². The zero-order valence-electron chi connectivity index (χ0n) is 10.5.